The summed E-state index contributed by atoms with van der Waals surface area (Å²) in [6.07, 6.45) is 2.03. The summed E-state index contributed by atoms with van der Waals surface area (Å²) < 4.78 is 3.98. The van der Waals surface area contributed by atoms with Gasteiger partial charge >= 0.3 is 0 Å². The van der Waals surface area contributed by atoms with Crippen LogP contribution in [-0.2, 0) is 6.54 Å². The van der Waals surface area contributed by atoms with Crippen molar-refractivity contribution in [2.24, 2.45) is 0 Å². The Labute approximate surface area is 105 Å². The SMILES string of the molecule is CCn1cc(-c2nnc3cccc(C)n23)c(C)n1. The van der Waals surface area contributed by atoms with Crippen molar-refractivity contribution < 1.29 is 0 Å². The third kappa shape index (κ3) is 1.51. The van der Waals surface area contributed by atoms with E-state index in [1.54, 1.807) is 0 Å². The summed E-state index contributed by atoms with van der Waals surface area (Å²) in [5.74, 6) is 0.861. The van der Waals surface area contributed by atoms with Crippen molar-refractivity contribution in [2.75, 3.05) is 0 Å². The quantitative estimate of drug-likeness (QED) is 0.691. The van der Waals surface area contributed by atoms with E-state index < -0.39 is 0 Å². The highest BCUT2D eigenvalue weighted by Crippen LogP contribution is 2.22. The molecule has 0 saturated heterocycles. The van der Waals surface area contributed by atoms with Crippen LogP contribution in [-0.4, -0.2) is 24.4 Å². The van der Waals surface area contributed by atoms with Gasteiger partial charge in [-0.2, -0.15) is 5.10 Å². The summed E-state index contributed by atoms with van der Waals surface area (Å²) in [6.45, 7) is 6.99. The van der Waals surface area contributed by atoms with Crippen LogP contribution < -0.4 is 0 Å². The minimum absolute atomic E-state index is 0.858. The van der Waals surface area contributed by atoms with Crippen LogP contribution in [0.1, 0.15) is 18.3 Å². The molecule has 0 spiro atoms. The third-order valence-corrected chi connectivity index (χ3v) is 3.13. The van der Waals surface area contributed by atoms with Crippen molar-refractivity contribution in [3.8, 4) is 11.4 Å². The summed E-state index contributed by atoms with van der Waals surface area (Å²) >= 11 is 0. The number of fused-ring (bicyclic) bond motifs is 1. The van der Waals surface area contributed by atoms with Crippen molar-refractivity contribution in [1.82, 2.24) is 24.4 Å². The Morgan fingerprint density at radius 3 is 2.72 bits per heavy atom. The van der Waals surface area contributed by atoms with Crippen molar-refractivity contribution in [2.45, 2.75) is 27.3 Å². The smallest absolute Gasteiger partial charge is 0.172 e. The fourth-order valence-electron chi connectivity index (χ4n) is 2.17. The van der Waals surface area contributed by atoms with Crippen LogP contribution >= 0.6 is 0 Å². The summed E-state index contributed by atoms with van der Waals surface area (Å²) in [7, 11) is 0. The van der Waals surface area contributed by atoms with Gasteiger partial charge < -0.3 is 0 Å². The van der Waals surface area contributed by atoms with Gasteiger partial charge in [0, 0.05) is 18.4 Å². The normalized spacial score (nSPS) is 11.3. The minimum Gasteiger partial charge on any atom is -0.280 e. The molecule has 0 saturated carbocycles. The van der Waals surface area contributed by atoms with E-state index in [0.29, 0.717) is 0 Å². The first-order valence-corrected chi connectivity index (χ1v) is 6.06. The van der Waals surface area contributed by atoms with E-state index in [2.05, 4.69) is 39.6 Å². The Morgan fingerprint density at radius 1 is 1.17 bits per heavy atom. The van der Waals surface area contributed by atoms with Crippen LogP contribution in [0, 0.1) is 13.8 Å². The first kappa shape index (κ1) is 11.0. The maximum Gasteiger partial charge on any atom is 0.172 e. The van der Waals surface area contributed by atoms with Crippen molar-refractivity contribution in [1.29, 1.82) is 0 Å². The lowest BCUT2D eigenvalue weighted by Crippen LogP contribution is -1.94. The number of aryl methyl sites for hydroxylation is 3. The van der Waals surface area contributed by atoms with Gasteiger partial charge in [-0.15, -0.1) is 10.2 Å². The number of hydrogen-bond donors (Lipinski definition) is 0. The van der Waals surface area contributed by atoms with Gasteiger partial charge in [0.25, 0.3) is 0 Å². The molecule has 0 unspecified atom stereocenters. The molecular weight excluding hydrogens is 226 g/mol. The fraction of sp³-hybridized carbons (Fsp3) is 0.308. The van der Waals surface area contributed by atoms with Gasteiger partial charge in [0.15, 0.2) is 11.5 Å². The Bertz CT molecular complexity index is 707. The van der Waals surface area contributed by atoms with Crippen LogP contribution in [0.5, 0.6) is 0 Å². The molecule has 3 aromatic rings. The Kier molecular flexibility index (Phi) is 2.40. The largest absolute Gasteiger partial charge is 0.280 e. The average molecular weight is 241 g/mol. The van der Waals surface area contributed by atoms with E-state index in [9.17, 15) is 0 Å². The maximum absolute atomic E-state index is 4.46. The van der Waals surface area contributed by atoms with Gasteiger partial charge in [-0.25, -0.2) is 0 Å². The molecule has 0 aromatic carbocycles. The van der Waals surface area contributed by atoms with Gasteiger partial charge in [0.2, 0.25) is 0 Å². The molecule has 0 bridgehead atoms. The van der Waals surface area contributed by atoms with E-state index in [1.165, 1.54) is 0 Å². The monoisotopic (exact) mass is 241 g/mol. The topological polar surface area (TPSA) is 48.0 Å². The van der Waals surface area contributed by atoms with Crippen molar-refractivity contribution >= 4 is 5.65 Å². The van der Waals surface area contributed by atoms with Gasteiger partial charge in [-0.3, -0.25) is 9.08 Å². The molecule has 18 heavy (non-hydrogen) atoms. The standard InChI is InChI=1S/C13H15N5/c1-4-17-8-11(10(3)16-17)13-15-14-12-7-5-6-9(2)18(12)13/h5-8H,4H2,1-3H3. The highest BCUT2D eigenvalue weighted by Gasteiger charge is 2.14. The van der Waals surface area contributed by atoms with Crippen LogP contribution in [0.4, 0.5) is 0 Å². The summed E-state index contributed by atoms with van der Waals surface area (Å²) in [4.78, 5) is 0. The number of nitrogens with zero attached hydrogens (tertiary/aromatic N) is 5. The van der Waals surface area contributed by atoms with E-state index >= 15 is 0 Å². The predicted molar refractivity (Wildman–Crippen MR) is 69.4 cm³/mol. The van der Waals surface area contributed by atoms with Crippen LogP contribution in [0.15, 0.2) is 24.4 Å². The maximum atomic E-state index is 4.46. The minimum atomic E-state index is 0.858. The summed E-state index contributed by atoms with van der Waals surface area (Å²) in [6, 6.07) is 6.01. The second kappa shape index (κ2) is 3.94. The zero-order chi connectivity index (χ0) is 12.7. The lowest BCUT2D eigenvalue weighted by molar-refractivity contribution is 0.653. The predicted octanol–water partition coefficient (Wildman–Crippen LogP) is 2.23. The van der Waals surface area contributed by atoms with Crippen molar-refractivity contribution in [3.05, 3.63) is 35.8 Å². The third-order valence-electron chi connectivity index (χ3n) is 3.13. The van der Waals surface area contributed by atoms with Gasteiger partial charge in [-0.1, -0.05) is 6.07 Å². The van der Waals surface area contributed by atoms with Crippen LogP contribution in [0.2, 0.25) is 0 Å². The molecule has 5 heteroatoms. The first-order chi connectivity index (χ1) is 8.70. The summed E-state index contributed by atoms with van der Waals surface area (Å²) in [5.41, 5.74) is 4.01. The number of rotatable bonds is 2. The van der Waals surface area contributed by atoms with Crippen LogP contribution in [0.25, 0.3) is 17.0 Å². The van der Waals surface area contributed by atoms with Gasteiger partial charge in [0.05, 0.1) is 11.3 Å². The molecule has 3 rings (SSSR count). The highest BCUT2D eigenvalue weighted by atomic mass is 15.3. The molecular formula is C13H15N5. The van der Waals surface area contributed by atoms with E-state index in [0.717, 1.165) is 35.0 Å². The molecule has 0 aliphatic heterocycles. The van der Waals surface area contributed by atoms with Crippen molar-refractivity contribution in [3.63, 3.8) is 0 Å². The molecule has 92 valence electrons. The van der Waals surface area contributed by atoms with Gasteiger partial charge in [-0.05, 0) is 32.9 Å². The Balaban J connectivity index is 2.28. The highest BCUT2D eigenvalue weighted by molar-refractivity contribution is 5.61. The lowest BCUT2D eigenvalue weighted by atomic mass is 10.2. The fourth-order valence-corrected chi connectivity index (χ4v) is 2.17. The zero-order valence-corrected chi connectivity index (χ0v) is 10.8. The van der Waals surface area contributed by atoms with E-state index in [1.807, 2.05) is 29.9 Å². The molecule has 5 nitrogen and oxygen atoms in total. The molecule has 0 aliphatic rings. The number of pyridine rings is 1. The molecule has 3 heterocycles. The molecule has 0 atom stereocenters. The Morgan fingerprint density at radius 2 is 2.00 bits per heavy atom. The first-order valence-electron chi connectivity index (χ1n) is 6.06. The number of aromatic nitrogens is 5. The summed E-state index contributed by atoms with van der Waals surface area (Å²) in [5, 5.41) is 13.0. The molecule has 0 N–H and O–H groups in total. The Hall–Kier alpha value is -2.17. The van der Waals surface area contributed by atoms with E-state index in [-0.39, 0.29) is 0 Å². The second-order valence-corrected chi connectivity index (χ2v) is 4.37. The average Bonchev–Trinajstić information content (AvgIpc) is 2.93. The molecule has 0 fully saturated rings. The van der Waals surface area contributed by atoms with Crippen LogP contribution in [0.3, 0.4) is 0 Å². The lowest BCUT2D eigenvalue weighted by Gasteiger charge is -2.01. The molecule has 0 radical (unpaired) electrons. The molecule has 0 aliphatic carbocycles. The zero-order valence-electron chi connectivity index (χ0n) is 10.8. The second-order valence-electron chi connectivity index (χ2n) is 4.37. The number of hydrogen-bond acceptors (Lipinski definition) is 3. The van der Waals surface area contributed by atoms with E-state index in [4.69, 9.17) is 0 Å². The molecule has 0 amide bonds. The molecule has 3 aromatic heterocycles. The van der Waals surface area contributed by atoms with Gasteiger partial charge in [0.1, 0.15) is 0 Å².